The molecule has 2 fully saturated rings. The number of fused-ring (bicyclic) bond motifs is 4. The molecule has 4 nitrogen and oxygen atoms in total. The highest BCUT2D eigenvalue weighted by atomic mass is 16.6. The van der Waals surface area contributed by atoms with Crippen LogP contribution in [0.25, 0.3) is 0 Å². The van der Waals surface area contributed by atoms with Gasteiger partial charge >= 0.3 is 6.09 Å². The van der Waals surface area contributed by atoms with Gasteiger partial charge in [-0.05, 0) is 57.2 Å². The predicted octanol–water partition coefficient (Wildman–Crippen LogP) is 4.26. The lowest BCUT2D eigenvalue weighted by atomic mass is 9.61. The third kappa shape index (κ3) is 3.29. The van der Waals surface area contributed by atoms with Crippen LogP contribution in [0, 0.1) is 5.92 Å². The second-order valence-corrected chi connectivity index (χ2v) is 8.39. The van der Waals surface area contributed by atoms with Crippen molar-refractivity contribution in [2.75, 3.05) is 19.6 Å². The number of hydrogen-bond donors (Lipinski definition) is 1. The van der Waals surface area contributed by atoms with Gasteiger partial charge in [-0.3, -0.25) is 0 Å². The van der Waals surface area contributed by atoms with Crippen LogP contribution < -0.4 is 5.32 Å². The van der Waals surface area contributed by atoms with Crippen molar-refractivity contribution < 1.29 is 9.53 Å². The van der Waals surface area contributed by atoms with Gasteiger partial charge in [0, 0.05) is 24.5 Å². The number of rotatable bonds is 0. The molecule has 2 saturated heterocycles. The summed E-state index contributed by atoms with van der Waals surface area (Å²) >= 11 is 0. The molecule has 0 aromatic heterocycles. The van der Waals surface area contributed by atoms with Crippen molar-refractivity contribution in [2.45, 2.75) is 64.5 Å². The number of nitrogens with one attached hydrogen (secondary N) is 1. The van der Waals surface area contributed by atoms with Crippen LogP contribution in [0.2, 0.25) is 0 Å². The number of benzene rings is 1. The Morgan fingerprint density at radius 1 is 1.24 bits per heavy atom. The first kappa shape index (κ1) is 18.2. The van der Waals surface area contributed by atoms with Gasteiger partial charge in [-0.1, -0.05) is 38.1 Å². The smallest absolute Gasteiger partial charge is 0.410 e. The SMILES string of the molecule is CC.CC(C)(C)OC(=O)N1CC2(C[C@@H]3CCN[C@@H]3c3ccccc32)C1. The summed E-state index contributed by atoms with van der Waals surface area (Å²) in [5.41, 5.74) is 2.60. The highest BCUT2D eigenvalue weighted by Crippen LogP contribution is 2.52. The highest BCUT2D eigenvalue weighted by Gasteiger charge is 2.54. The van der Waals surface area contributed by atoms with Gasteiger partial charge in [0.15, 0.2) is 0 Å². The summed E-state index contributed by atoms with van der Waals surface area (Å²) in [6.45, 7) is 12.5. The Bertz CT molecular complexity index is 629. The van der Waals surface area contributed by atoms with E-state index in [0.29, 0.717) is 12.0 Å². The minimum Gasteiger partial charge on any atom is -0.444 e. The number of amides is 1. The van der Waals surface area contributed by atoms with Gasteiger partial charge in [0.1, 0.15) is 5.60 Å². The summed E-state index contributed by atoms with van der Waals surface area (Å²) in [5, 5.41) is 3.66. The standard InChI is InChI=1S/C19H26N2O2.C2H6/c1-18(2,3)23-17(22)21-11-19(12-21)10-13-8-9-20-16(13)14-6-4-5-7-15(14)19;1-2/h4-7,13,16,20H,8-12H2,1-3H3;1-2H3/t13-,16-;/m0./s1. The number of carbonyl (C=O) groups excluding carboxylic acids is 1. The largest absolute Gasteiger partial charge is 0.444 e. The molecule has 4 rings (SSSR count). The first-order chi connectivity index (χ1) is 11.9. The van der Waals surface area contributed by atoms with Crippen LogP contribution >= 0.6 is 0 Å². The molecule has 138 valence electrons. The third-order valence-electron chi connectivity index (χ3n) is 5.51. The van der Waals surface area contributed by atoms with E-state index in [0.717, 1.165) is 19.6 Å². The van der Waals surface area contributed by atoms with Gasteiger partial charge < -0.3 is 15.0 Å². The molecule has 1 aliphatic carbocycles. The highest BCUT2D eigenvalue weighted by molar-refractivity contribution is 5.70. The van der Waals surface area contributed by atoms with E-state index in [1.165, 1.54) is 24.0 Å². The van der Waals surface area contributed by atoms with E-state index < -0.39 is 5.60 Å². The van der Waals surface area contributed by atoms with E-state index in [1.807, 2.05) is 39.5 Å². The fourth-order valence-electron chi connectivity index (χ4n) is 4.64. The summed E-state index contributed by atoms with van der Waals surface area (Å²) in [6.07, 6.45) is 2.25. The second kappa shape index (κ2) is 6.64. The van der Waals surface area contributed by atoms with Crippen LogP contribution in [0.5, 0.6) is 0 Å². The number of carbonyl (C=O) groups is 1. The van der Waals surface area contributed by atoms with E-state index in [9.17, 15) is 4.79 Å². The number of nitrogens with zero attached hydrogens (tertiary/aromatic N) is 1. The lowest BCUT2D eigenvalue weighted by molar-refractivity contribution is -0.0182. The van der Waals surface area contributed by atoms with Gasteiger partial charge in [0.05, 0.1) is 0 Å². The van der Waals surface area contributed by atoms with E-state index in [-0.39, 0.29) is 11.5 Å². The van der Waals surface area contributed by atoms with E-state index in [2.05, 4.69) is 29.6 Å². The quantitative estimate of drug-likeness (QED) is 0.765. The van der Waals surface area contributed by atoms with Crippen molar-refractivity contribution in [3.8, 4) is 0 Å². The van der Waals surface area contributed by atoms with Gasteiger partial charge in [0.2, 0.25) is 0 Å². The summed E-state index contributed by atoms with van der Waals surface area (Å²) in [7, 11) is 0. The van der Waals surface area contributed by atoms with E-state index in [1.54, 1.807) is 0 Å². The van der Waals surface area contributed by atoms with Gasteiger partial charge in [-0.25, -0.2) is 4.79 Å². The van der Waals surface area contributed by atoms with Crippen molar-refractivity contribution in [2.24, 2.45) is 5.92 Å². The number of likely N-dealkylation sites (tertiary alicyclic amines) is 1. The molecule has 0 radical (unpaired) electrons. The first-order valence-electron chi connectivity index (χ1n) is 9.69. The molecule has 2 heterocycles. The average molecular weight is 344 g/mol. The topological polar surface area (TPSA) is 41.6 Å². The molecular weight excluding hydrogens is 312 g/mol. The third-order valence-corrected chi connectivity index (χ3v) is 5.51. The maximum absolute atomic E-state index is 12.3. The van der Waals surface area contributed by atoms with Crippen molar-refractivity contribution in [3.63, 3.8) is 0 Å². The molecule has 2 atom stereocenters. The van der Waals surface area contributed by atoms with Crippen LogP contribution in [0.3, 0.4) is 0 Å². The molecule has 0 saturated carbocycles. The molecule has 1 N–H and O–H groups in total. The normalized spacial score (nSPS) is 26.0. The fraction of sp³-hybridized carbons (Fsp3) is 0.667. The van der Waals surface area contributed by atoms with Crippen molar-refractivity contribution in [1.82, 2.24) is 10.2 Å². The van der Waals surface area contributed by atoms with Gasteiger partial charge in [-0.15, -0.1) is 0 Å². The number of hydrogen-bond acceptors (Lipinski definition) is 3. The number of ether oxygens (including phenoxy) is 1. The van der Waals surface area contributed by atoms with Crippen LogP contribution in [0.15, 0.2) is 24.3 Å². The monoisotopic (exact) mass is 344 g/mol. The fourth-order valence-corrected chi connectivity index (χ4v) is 4.64. The van der Waals surface area contributed by atoms with Crippen molar-refractivity contribution >= 4 is 6.09 Å². The zero-order valence-corrected chi connectivity index (χ0v) is 16.3. The molecular formula is C21H32N2O2. The molecule has 0 unspecified atom stereocenters. The molecule has 1 aromatic carbocycles. The molecule has 25 heavy (non-hydrogen) atoms. The molecule has 1 amide bonds. The molecule has 0 bridgehead atoms. The molecule has 4 heteroatoms. The van der Waals surface area contributed by atoms with Crippen LogP contribution in [0.4, 0.5) is 4.79 Å². The Balaban J connectivity index is 0.000000880. The van der Waals surface area contributed by atoms with Gasteiger partial charge in [-0.2, -0.15) is 0 Å². The Labute approximate surface area is 151 Å². The minimum absolute atomic E-state index is 0.140. The van der Waals surface area contributed by atoms with Crippen LogP contribution in [0.1, 0.15) is 64.6 Å². The molecule has 1 spiro atoms. The lowest BCUT2D eigenvalue weighted by Crippen LogP contribution is -2.64. The Morgan fingerprint density at radius 3 is 2.60 bits per heavy atom. The van der Waals surface area contributed by atoms with Crippen LogP contribution in [-0.2, 0) is 10.2 Å². The summed E-state index contributed by atoms with van der Waals surface area (Å²) in [6, 6.07) is 9.30. The Hall–Kier alpha value is -1.55. The zero-order chi connectivity index (χ0) is 18.2. The maximum Gasteiger partial charge on any atom is 0.410 e. The van der Waals surface area contributed by atoms with Gasteiger partial charge in [0.25, 0.3) is 0 Å². The van der Waals surface area contributed by atoms with E-state index >= 15 is 0 Å². The first-order valence-corrected chi connectivity index (χ1v) is 9.69. The Kier molecular flexibility index (Phi) is 4.84. The second-order valence-electron chi connectivity index (χ2n) is 8.39. The summed E-state index contributed by atoms with van der Waals surface area (Å²) < 4.78 is 5.52. The van der Waals surface area contributed by atoms with Crippen molar-refractivity contribution in [1.29, 1.82) is 0 Å². The van der Waals surface area contributed by atoms with Crippen LogP contribution in [-0.4, -0.2) is 36.2 Å². The Morgan fingerprint density at radius 2 is 1.92 bits per heavy atom. The molecule has 2 aliphatic heterocycles. The molecule has 1 aromatic rings. The average Bonchev–Trinajstić information content (AvgIpc) is 3.00. The predicted molar refractivity (Wildman–Crippen MR) is 101 cm³/mol. The maximum atomic E-state index is 12.3. The summed E-state index contributed by atoms with van der Waals surface area (Å²) in [4.78, 5) is 14.2. The van der Waals surface area contributed by atoms with E-state index in [4.69, 9.17) is 4.74 Å². The molecule has 3 aliphatic rings. The minimum atomic E-state index is -0.426. The zero-order valence-electron chi connectivity index (χ0n) is 16.3. The summed E-state index contributed by atoms with van der Waals surface area (Å²) in [5.74, 6) is 0.700. The lowest BCUT2D eigenvalue weighted by Gasteiger charge is -2.55. The van der Waals surface area contributed by atoms with Crippen molar-refractivity contribution in [3.05, 3.63) is 35.4 Å².